The lowest BCUT2D eigenvalue weighted by Crippen LogP contribution is -2.28. The van der Waals surface area contributed by atoms with Gasteiger partial charge in [-0.3, -0.25) is 10.2 Å². The fourth-order valence-corrected chi connectivity index (χ4v) is 1.93. The van der Waals surface area contributed by atoms with Crippen LogP contribution in [0.4, 0.5) is 0 Å². The van der Waals surface area contributed by atoms with Gasteiger partial charge < -0.3 is 10.2 Å². The van der Waals surface area contributed by atoms with Crippen molar-refractivity contribution >= 4 is 12.0 Å². The second-order valence-corrected chi connectivity index (χ2v) is 6.55. The summed E-state index contributed by atoms with van der Waals surface area (Å²) in [5.74, 6) is 0.823. The molecule has 20 heavy (non-hydrogen) atoms. The minimum Gasteiger partial charge on any atom is -0.488 e. The Morgan fingerprint density at radius 1 is 1.10 bits per heavy atom. The molecule has 0 saturated carbocycles. The molecule has 4 nitrogen and oxygen atoms in total. The number of amides is 1. The number of carbonyl (C=O) groups is 1. The van der Waals surface area contributed by atoms with Crippen molar-refractivity contribution in [1.29, 1.82) is 0 Å². The van der Waals surface area contributed by atoms with Crippen LogP contribution in [-0.4, -0.2) is 11.5 Å². The summed E-state index contributed by atoms with van der Waals surface area (Å²) in [5.41, 5.74) is 6.73. The van der Waals surface area contributed by atoms with E-state index in [4.69, 9.17) is 4.74 Å². The summed E-state index contributed by atoms with van der Waals surface area (Å²) in [4.78, 5) is 11.7. The second-order valence-electron chi connectivity index (χ2n) is 6.55. The van der Waals surface area contributed by atoms with E-state index in [1.165, 1.54) is 0 Å². The predicted molar refractivity (Wildman–Crippen MR) is 79.9 cm³/mol. The fourth-order valence-electron chi connectivity index (χ4n) is 1.93. The third kappa shape index (κ3) is 3.13. The van der Waals surface area contributed by atoms with Crippen molar-refractivity contribution in [3.63, 3.8) is 0 Å². The first-order chi connectivity index (χ1) is 9.18. The SMILES string of the molecule is CC(C)(C)Oc1ccc(/C=C2\NNC(=O)C2(C)C)cc1. The van der Waals surface area contributed by atoms with Gasteiger partial charge in [-0.2, -0.15) is 0 Å². The maximum Gasteiger partial charge on any atom is 0.249 e. The van der Waals surface area contributed by atoms with Crippen LogP contribution in [0.15, 0.2) is 30.0 Å². The zero-order chi connectivity index (χ0) is 15.0. The molecule has 1 aromatic rings. The highest BCUT2D eigenvalue weighted by atomic mass is 16.5. The molecule has 1 heterocycles. The van der Waals surface area contributed by atoms with Crippen LogP contribution in [0, 0.1) is 5.41 Å². The summed E-state index contributed by atoms with van der Waals surface area (Å²) < 4.78 is 5.78. The maximum atomic E-state index is 11.7. The molecule has 1 fully saturated rings. The van der Waals surface area contributed by atoms with Crippen LogP contribution in [0.2, 0.25) is 0 Å². The monoisotopic (exact) mass is 274 g/mol. The minimum absolute atomic E-state index is 0.0172. The van der Waals surface area contributed by atoms with Crippen LogP contribution in [-0.2, 0) is 4.79 Å². The van der Waals surface area contributed by atoms with E-state index < -0.39 is 5.41 Å². The van der Waals surface area contributed by atoms with Crippen molar-refractivity contribution in [3.8, 4) is 5.75 Å². The van der Waals surface area contributed by atoms with Crippen molar-refractivity contribution in [2.45, 2.75) is 40.2 Å². The number of benzene rings is 1. The van der Waals surface area contributed by atoms with Gasteiger partial charge in [0.05, 0.1) is 5.41 Å². The zero-order valence-electron chi connectivity index (χ0n) is 12.7. The topological polar surface area (TPSA) is 50.4 Å². The first-order valence-corrected chi connectivity index (χ1v) is 6.76. The summed E-state index contributed by atoms with van der Waals surface area (Å²) in [7, 11) is 0. The molecule has 2 N–H and O–H groups in total. The summed E-state index contributed by atoms with van der Waals surface area (Å²) in [6.07, 6.45) is 1.97. The van der Waals surface area contributed by atoms with E-state index in [9.17, 15) is 4.79 Å². The van der Waals surface area contributed by atoms with Gasteiger partial charge in [0.2, 0.25) is 5.91 Å². The maximum absolute atomic E-state index is 11.7. The molecule has 4 heteroatoms. The third-order valence-corrected chi connectivity index (χ3v) is 3.17. The number of hydrazine groups is 1. The highest BCUT2D eigenvalue weighted by molar-refractivity contribution is 5.89. The summed E-state index contributed by atoms with van der Waals surface area (Å²) in [6.45, 7) is 9.85. The minimum atomic E-state index is -0.527. The van der Waals surface area contributed by atoms with Crippen LogP contribution in [0.1, 0.15) is 40.2 Å². The van der Waals surface area contributed by atoms with Gasteiger partial charge in [0.15, 0.2) is 0 Å². The molecule has 0 bridgehead atoms. The zero-order valence-corrected chi connectivity index (χ0v) is 12.7. The van der Waals surface area contributed by atoms with Gasteiger partial charge in [0.25, 0.3) is 0 Å². The van der Waals surface area contributed by atoms with Gasteiger partial charge >= 0.3 is 0 Å². The molecule has 1 amide bonds. The number of hydrogen-bond donors (Lipinski definition) is 2. The Kier molecular flexibility index (Phi) is 3.50. The Balaban J connectivity index is 2.17. The van der Waals surface area contributed by atoms with Crippen LogP contribution >= 0.6 is 0 Å². The molecule has 1 aromatic carbocycles. The third-order valence-electron chi connectivity index (χ3n) is 3.17. The molecule has 0 aliphatic carbocycles. The van der Waals surface area contributed by atoms with E-state index in [2.05, 4.69) is 10.9 Å². The molecule has 0 spiro atoms. The largest absolute Gasteiger partial charge is 0.488 e. The van der Waals surface area contributed by atoms with Gasteiger partial charge in [-0.05, 0) is 58.4 Å². The molecule has 108 valence electrons. The Morgan fingerprint density at radius 2 is 1.70 bits per heavy atom. The predicted octanol–water partition coefficient (Wildman–Crippen LogP) is 2.87. The second kappa shape index (κ2) is 4.85. The first-order valence-electron chi connectivity index (χ1n) is 6.76. The smallest absolute Gasteiger partial charge is 0.249 e. The van der Waals surface area contributed by atoms with Crippen LogP contribution in [0.25, 0.3) is 6.08 Å². The van der Waals surface area contributed by atoms with Gasteiger partial charge in [-0.1, -0.05) is 12.1 Å². The molecule has 1 aliphatic heterocycles. The number of ether oxygens (including phenoxy) is 1. The lowest BCUT2D eigenvalue weighted by molar-refractivity contribution is -0.125. The normalized spacial score (nSPS) is 19.6. The molecule has 0 aromatic heterocycles. The summed E-state index contributed by atoms with van der Waals surface area (Å²) >= 11 is 0. The Bertz CT molecular complexity index is 537. The van der Waals surface area contributed by atoms with Gasteiger partial charge in [0, 0.05) is 5.70 Å². The van der Waals surface area contributed by atoms with Crippen molar-refractivity contribution in [2.75, 3.05) is 0 Å². The molecule has 1 aliphatic rings. The fraction of sp³-hybridized carbons (Fsp3) is 0.438. The lowest BCUT2D eigenvalue weighted by Gasteiger charge is -2.21. The highest BCUT2D eigenvalue weighted by Crippen LogP contribution is 2.30. The van der Waals surface area contributed by atoms with E-state index >= 15 is 0 Å². The van der Waals surface area contributed by atoms with E-state index in [1.807, 2.05) is 65.0 Å². The number of hydrogen-bond acceptors (Lipinski definition) is 3. The van der Waals surface area contributed by atoms with Gasteiger partial charge in [0.1, 0.15) is 11.4 Å². The average Bonchev–Trinajstić information content (AvgIpc) is 2.57. The standard InChI is InChI=1S/C16H22N2O2/c1-15(2,3)20-12-8-6-11(7-9-12)10-13-16(4,5)14(19)18-17-13/h6-10,17H,1-5H3,(H,18,19)/b13-10-. The average molecular weight is 274 g/mol. The van der Waals surface area contributed by atoms with E-state index in [-0.39, 0.29) is 11.5 Å². The van der Waals surface area contributed by atoms with Gasteiger partial charge in [-0.25, -0.2) is 0 Å². The lowest BCUT2D eigenvalue weighted by atomic mass is 9.89. The first kappa shape index (κ1) is 14.4. The van der Waals surface area contributed by atoms with E-state index in [0.29, 0.717) is 0 Å². The van der Waals surface area contributed by atoms with Crippen molar-refractivity contribution in [2.24, 2.45) is 5.41 Å². The molecule has 2 rings (SSSR count). The van der Waals surface area contributed by atoms with Crippen molar-refractivity contribution < 1.29 is 9.53 Å². The Hall–Kier alpha value is -1.97. The molecule has 1 saturated heterocycles. The Morgan fingerprint density at radius 3 is 2.15 bits per heavy atom. The van der Waals surface area contributed by atoms with Crippen molar-refractivity contribution in [3.05, 3.63) is 35.5 Å². The summed E-state index contributed by atoms with van der Waals surface area (Å²) in [6, 6.07) is 7.84. The van der Waals surface area contributed by atoms with E-state index in [0.717, 1.165) is 17.0 Å². The van der Waals surface area contributed by atoms with Crippen LogP contribution in [0.3, 0.4) is 0 Å². The molecular formula is C16H22N2O2. The van der Waals surface area contributed by atoms with Crippen LogP contribution in [0.5, 0.6) is 5.75 Å². The number of carbonyl (C=O) groups excluding carboxylic acids is 1. The molecular weight excluding hydrogens is 252 g/mol. The molecule has 0 radical (unpaired) electrons. The number of nitrogens with one attached hydrogen (secondary N) is 2. The summed E-state index contributed by atoms with van der Waals surface area (Å²) in [5, 5.41) is 0. The van der Waals surface area contributed by atoms with Crippen LogP contribution < -0.4 is 15.6 Å². The van der Waals surface area contributed by atoms with Crippen molar-refractivity contribution in [1.82, 2.24) is 10.9 Å². The van der Waals surface area contributed by atoms with Gasteiger partial charge in [-0.15, -0.1) is 0 Å². The quantitative estimate of drug-likeness (QED) is 0.872. The van der Waals surface area contributed by atoms with E-state index in [1.54, 1.807) is 0 Å². The molecule has 0 atom stereocenters. The molecule has 0 unspecified atom stereocenters. The highest BCUT2D eigenvalue weighted by Gasteiger charge is 2.37. The number of rotatable bonds is 2. The Labute approximate surface area is 120 Å².